The summed E-state index contributed by atoms with van der Waals surface area (Å²) in [7, 11) is 0. The molecule has 0 atom stereocenters. The van der Waals surface area contributed by atoms with Crippen molar-refractivity contribution in [2.24, 2.45) is 0 Å². The summed E-state index contributed by atoms with van der Waals surface area (Å²) < 4.78 is 38.0. The summed E-state index contributed by atoms with van der Waals surface area (Å²) in [5.74, 6) is -1.08. The van der Waals surface area contributed by atoms with Crippen molar-refractivity contribution in [3.05, 3.63) is 15.8 Å². The highest BCUT2D eigenvalue weighted by Crippen LogP contribution is 2.33. The first-order chi connectivity index (χ1) is 8.38. The molecule has 9 heteroatoms. The molecular formula is C9H13F3N4O2. The van der Waals surface area contributed by atoms with Crippen LogP contribution in [0.1, 0.15) is 38.3 Å². The minimum atomic E-state index is -4.86. The van der Waals surface area contributed by atoms with Crippen molar-refractivity contribution >= 4 is 5.82 Å². The van der Waals surface area contributed by atoms with E-state index in [2.05, 4.69) is 10.3 Å². The smallest absolute Gasteiger partial charge is 0.358 e. The second kappa shape index (κ2) is 5.78. The molecule has 1 rings (SSSR count). The fourth-order valence-electron chi connectivity index (χ4n) is 1.51. The summed E-state index contributed by atoms with van der Waals surface area (Å²) in [6.45, 7) is 2.05. The average molecular weight is 266 g/mol. The second-order valence-electron chi connectivity index (χ2n) is 3.80. The Morgan fingerprint density at radius 3 is 2.50 bits per heavy atom. The minimum Gasteiger partial charge on any atom is -0.358 e. The summed E-state index contributed by atoms with van der Waals surface area (Å²) in [5, 5.41) is 16.7. The van der Waals surface area contributed by atoms with Gasteiger partial charge < -0.3 is 10.1 Å². The molecule has 0 aliphatic rings. The number of aryl methyl sites for hydroxylation is 1. The molecule has 0 bridgehead atoms. The SMILES string of the molecule is CCCCCCn1nnc(C(F)(F)F)c1[N+](=O)[O-]. The Balaban J connectivity index is 2.86. The van der Waals surface area contributed by atoms with Crippen LogP contribution in [-0.2, 0) is 12.7 Å². The van der Waals surface area contributed by atoms with Crippen LogP contribution in [0.5, 0.6) is 0 Å². The largest absolute Gasteiger partial charge is 0.443 e. The zero-order chi connectivity index (χ0) is 13.8. The number of hydrogen-bond donors (Lipinski definition) is 0. The first-order valence-corrected chi connectivity index (χ1v) is 5.53. The number of rotatable bonds is 6. The van der Waals surface area contributed by atoms with E-state index >= 15 is 0 Å². The van der Waals surface area contributed by atoms with Gasteiger partial charge in [0.2, 0.25) is 0 Å². The normalized spacial score (nSPS) is 11.8. The fraction of sp³-hybridized carbons (Fsp3) is 0.778. The van der Waals surface area contributed by atoms with Gasteiger partial charge in [-0.3, -0.25) is 0 Å². The Morgan fingerprint density at radius 2 is 2.00 bits per heavy atom. The van der Waals surface area contributed by atoms with Crippen LogP contribution in [0.25, 0.3) is 0 Å². The molecule has 0 fully saturated rings. The molecule has 102 valence electrons. The number of hydrogen-bond acceptors (Lipinski definition) is 4. The van der Waals surface area contributed by atoms with Crippen molar-refractivity contribution in [2.75, 3.05) is 0 Å². The van der Waals surface area contributed by atoms with Crippen molar-refractivity contribution < 1.29 is 18.1 Å². The maximum Gasteiger partial charge on any atom is 0.443 e. The van der Waals surface area contributed by atoms with E-state index in [-0.39, 0.29) is 6.54 Å². The Bertz CT molecular complexity index is 416. The molecule has 0 aromatic carbocycles. The molecule has 0 spiro atoms. The van der Waals surface area contributed by atoms with Crippen LogP contribution in [0.2, 0.25) is 0 Å². The van der Waals surface area contributed by atoms with E-state index in [4.69, 9.17) is 0 Å². The van der Waals surface area contributed by atoms with Gasteiger partial charge in [0.1, 0.15) is 6.54 Å². The van der Waals surface area contributed by atoms with E-state index in [1.54, 1.807) is 0 Å². The Hall–Kier alpha value is -1.67. The third-order valence-electron chi connectivity index (χ3n) is 2.37. The highest BCUT2D eigenvalue weighted by Gasteiger charge is 2.44. The van der Waals surface area contributed by atoms with Gasteiger partial charge in [-0.15, -0.1) is 4.68 Å². The van der Waals surface area contributed by atoms with Gasteiger partial charge in [0.05, 0.1) is 0 Å². The van der Waals surface area contributed by atoms with Crippen molar-refractivity contribution in [1.82, 2.24) is 15.0 Å². The minimum absolute atomic E-state index is 0.0688. The average Bonchev–Trinajstić information content (AvgIpc) is 2.67. The summed E-state index contributed by atoms with van der Waals surface area (Å²) >= 11 is 0. The molecule has 0 unspecified atom stereocenters. The number of nitrogens with zero attached hydrogens (tertiary/aromatic N) is 4. The summed E-state index contributed by atoms with van der Waals surface area (Å²) in [4.78, 5) is 9.55. The molecule has 1 aromatic heterocycles. The number of halogens is 3. The van der Waals surface area contributed by atoms with E-state index < -0.39 is 22.6 Å². The molecule has 1 aromatic rings. The zero-order valence-corrected chi connectivity index (χ0v) is 9.77. The van der Waals surface area contributed by atoms with Crippen LogP contribution in [0, 0.1) is 10.1 Å². The summed E-state index contributed by atoms with van der Waals surface area (Å²) in [5.41, 5.74) is -1.54. The molecule has 18 heavy (non-hydrogen) atoms. The quantitative estimate of drug-likeness (QED) is 0.451. The maximum absolute atomic E-state index is 12.4. The Labute approximate surface area is 101 Å². The molecule has 0 N–H and O–H groups in total. The number of nitro groups is 1. The van der Waals surface area contributed by atoms with Gasteiger partial charge in [0, 0.05) is 5.21 Å². The first kappa shape index (κ1) is 14.4. The van der Waals surface area contributed by atoms with Crippen LogP contribution in [0.15, 0.2) is 0 Å². The monoisotopic (exact) mass is 266 g/mol. The number of aromatic nitrogens is 3. The number of alkyl halides is 3. The predicted octanol–water partition coefficient (Wildman–Crippen LogP) is 2.79. The van der Waals surface area contributed by atoms with Crippen LogP contribution in [-0.4, -0.2) is 19.9 Å². The molecule has 0 radical (unpaired) electrons. The van der Waals surface area contributed by atoms with Gasteiger partial charge in [0.25, 0.3) is 5.69 Å². The maximum atomic E-state index is 12.4. The number of unbranched alkanes of at least 4 members (excludes halogenated alkanes) is 3. The summed E-state index contributed by atoms with van der Waals surface area (Å²) in [6.07, 6.45) is -1.64. The molecule has 0 saturated heterocycles. The van der Waals surface area contributed by atoms with Gasteiger partial charge in [0.15, 0.2) is 0 Å². The van der Waals surface area contributed by atoms with Gasteiger partial charge in [-0.1, -0.05) is 24.9 Å². The van der Waals surface area contributed by atoms with Crippen molar-refractivity contribution in [2.45, 2.75) is 45.3 Å². The standard InChI is InChI=1S/C9H13F3N4O2/c1-2-3-4-5-6-15-8(16(17)18)7(13-14-15)9(10,11)12/h2-6H2,1H3. The molecule has 0 amide bonds. The van der Waals surface area contributed by atoms with Gasteiger partial charge in [-0.2, -0.15) is 13.2 Å². The van der Waals surface area contributed by atoms with Gasteiger partial charge in [-0.05, 0) is 17.8 Å². The summed E-state index contributed by atoms with van der Waals surface area (Å²) in [6, 6.07) is 0. The Kier molecular flexibility index (Phi) is 4.62. The predicted molar refractivity (Wildman–Crippen MR) is 55.8 cm³/mol. The van der Waals surface area contributed by atoms with Gasteiger partial charge in [-0.25, -0.2) is 0 Å². The molecule has 6 nitrogen and oxygen atoms in total. The molecule has 1 heterocycles. The van der Waals surface area contributed by atoms with Crippen molar-refractivity contribution in [3.8, 4) is 0 Å². The Morgan fingerprint density at radius 1 is 1.33 bits per heavy atom. The van der Waals surface area contributed by atoms with Crippen LogP contribution < -0.4 is 0 Å². The molecule has 0 aliphatic heterocycles. The van der Waals surface area contributed by atoms with E-state index in [1.807, 2.05) is 6.92 Å². The lowest BCUT2D eigenvalue weighted by atomic mass is 10.2. The van der Waals surface area contributed by atoms with E-state index in [9.17, 15) is 23.3 Å². The van der Waals surface area contributed by atoms with Crippen LogP contribution >= 0.6 is 0 Å². The molecule has 0 saturated carbocycles. The highest BCUT2D eigenvalue weighted by atomic mass is 19.4. The highest BCUT2D eigenvalue weighted by molar-refractivity contribution is 5.27. The molecule has 0 aliphatic carbocycles. The van der Waals surface area contributed by atoms with E-state index in [0.717, 1.165) is 19.3 Å². The zero-order valence-electron chi connectivity index (χ0n) is 9.77. The fourth-order valence-corrected chi connectivity index (χ4v) is 1.51. The van der Waals surface area contributed by atoms with Crippen molar-refractivity contribution in [1.29, 1.82) is 0 Å². The first-order valence-electron chi connectivity index (χ1n) is 5.53. The lowest BCUT2D eigenvalue weighted by Gasteiger charge is -2.02. The van der Waals surface area contributed by atoms with Crippen LogP contribution in [0.4, 0.5) is 19.0 Å². The lowest BCUT2D eigenvalue weighted by Crippen LogP contribution is -2.11. The topological polar surface area (TPSA) is 73.8 Å². The van der Waals surface area contributed by atoms with Gasteiger partial charge >= 0.3 is 12.0 Å². The van der Waals surface area contributed by atoms with E-state index in [1.165, 1.54) is 0 Å². The third-order valence-corrected chi connectivity index (χ3v) is 2.37. The van der Waals surface area contributed by atoms with Crippen molar-refractivity contribution in [3.63, 3.8) is 0 Å². The second-order valence-corrected chi connectivity index (χ2v) is 3.80. The molecular weight excluding hydrogens is 253 g/mol. The van der Waals surface area contributed by atoms with Crippen LogP contribution in [0.3, 0.4) is 0 Å². The third kappa shape index (κ3) is 3.41. The lowest BCUT2D eigenvalue weighted by molar-refractivity contribution is -0.395. The van der Waals surface area contributed by atoms with E-state index in [0.29, 0.717) is 11.1 Å².